The van der Waals surface area contributed by atoms with E-state index >= 15 is 0 Å². The summed E-state index contributed by atoms with van der Waals surface area (Å²) in [6, 6.07) is 12.2. The molecule has 0 fully saturated rings. The van der Waals surface area contributed by atoms with E-state index in [0.717, 1.165) is 4.31 Å². The van der Waals surface area contributed by atoms with Crippen LogP contribution in [0.4, 0.5) is 16.2 Å². The standard InChI is InChI=1S/C19H20N2O7S/c1-3-27-19(23)20-13-8-10-14(11-9-13)29(24,25)21-12-17(18(22)26-2)28-16-7-5-4-6-15(16)21/h4-11,17H,3,12H2,1-2H3,(H,20,23)/t17-/m1/s1. The van der Waals surface area contributed by atoms with Gasteiger partial charge in [-0.25, -0.2) is 18.0 Å². The first-order valence-electron chi connectivity index (χ1n) is 8.77. The maximum absolute atomic E-state index is 13.2. The Kier molecular flexibility index (Phi) is 5.92. The number of nitrogens with one attached hydrogen (secondary N) is 1. The Morgan fingerprint density at radius 2 is 1.86 bits per heavy atom. The lowest BCUT2D eigenvalue weighted by Crippen LogP contribution is -2.47. The van der Waals surface area contributed by atoms with E-state index in [0.29, 0.717) is 11.4 Å². The molecule has 154 valence electrons. The lowest BCUT2D eigenvalue weighted by atomic mass is 10.2. The number of benzene rings is 2. The minimum Gasteiger partial charge on any atom is -0.475 e. The molecule has 29 heavy (non-hydrogen) atoms. The average molecular weight is 420 g/mol. The van der Waals surface area contributed by atoms with Crippen molar-refractivity contribution in [3.8, 4) is 5.75 Å². The Morgan fingerprint density at radius 1 is 1.17 bits per heavy atom. The van der Waals surface area contributed by atoms with Crippen LogP contribution in [0, 0.1) is 0 Å². The number of rotatable bonds is 5. The predicted octanol–water partition coefficient (Wildman–Crippen LogP) is 2.38. The molecule has 1 aliphatic heterocycles. The van der Waals surface area contributed by atoms with Crippen molar-refractivity contribution < 1.29 is 32.2 Å². The third-order valence-electron chi connectivity index (χ3n) is 4.16. The normalized spacial score (nSPS) is 15.7. The Balaban J connectivity index is 1.91. The van der Waals surface area contributed by atoms with E-state index in [2.05, 4.69) is 5.32 Å². The van der Waals surface area contributed by atoms with Crippen LogP contribution in [-0.2, 0) is 24.3 Å². The summed E-state index contributed by atoms with van der Waals surface area (Å²) in [6.07, 6.45) is -1.72. The third-order valence-corrected chi connectivity index (χ3v) is 5.96. The maximum Gasteiger partial charge on any atom is 0.411 e. The van der Waals surface area contributed by atoms with Gasteiger partial charge in [0.05, 0.1) is 30.8 Å². The van der Waals surface area contributed by atoms with Crippen molar-refractivity contribution in [2.75, 3.05) is 29.9 Å². The molecule has 0 saturated heterocycles. The average Bonchev–Trinajstić information content (AvgIpc) is 2.72. The molecule has 10 heteroatoms. The van der Waals surface area contributed by atoms with Gasteiger partial charge in [-0.05, 0) is 43.3 Å². The molecule has 0 aliphatic carbocycles. The Bertz CT molecular complexity index is 1010. The molecule has 0 aromatic heterocycles. The van der Waals surface area contributed by atoms with Crippen LogP contribution in [0.15, 0.2) is 53.4 Å². The van der Waals surface area contributed by atoms with Crippen molar-refractivity contribution >= 4 is 33.5 Å². The molecule has 0 unspecified atom stereocenters. The number of ether oxygens (including phenoxy) is 3. The van der Waals surface area contributed by atoms with E-state index < -0.39 is 28.2 Å². The lowest BCUT2D eigenvalue weighted by molar-refractivity contribution is -0.148. The van der Waals surface area contributed by atoms with Gasteiger partial charge in [0.1, 0.15) is 5.75 Å². The van der Waals surface area contributed by atoms with Crippen LogP contribution in [0.1, 0.15) is 6.92 Å². The summed E-state index contributed by atoms with van der Waals surface area (Å²) in [5, 5.41) is 2.50. The Labute approximate surface area is 168 Å². The van der Waals surface area contributed by atoms with Crippen LogP contribution in [-0.4, -0.2) is 46.8 Å². The highest BCUT2D eigenvalue weighted by atomic mass is 32.2. The van der Waals surface area contributed by atoms with Crippen molar-refractivity contribution in [2.45, 2.75) is 17.9 Å². The van der Waals surface area contributed by atoms with Gasteiger partial charge in [0.2, 0.25) is 6.10 Å². The zero-order chi connectivity index (χ0) is 21.0. The van der Waals surface area contributed by atoms with E-state index in [9.17, 15) is 18.0 Å². The van der Waals surface area contributed by atoms with E-state index in [1.165, 1.54) is 31.4 Å². The fraction of sp³-hybridized carbons (Fsp3) is 0.263. The molecule has 1 heterocycles. The van der Waals surface area contributed by atoms with Crippen LogP contribution in [0.3, 0.4) is 0 Å². The number of esters is 1. The number of methoxy groups -OCH3 is 1. The number of hydrogen-bond donors (Lipinski definition) is 1. The summed E-state index contributed by atoms with van der Waals surface area (Å²) in [4.78, 5) is 23.4. The molecular weight excluding hydrogens is 400 g/mol. The summed E-state index contributed by atoms with van der Waals surface area (Å²) in [7, 11) is -2.80. The second-order valence-electron chi connectivity index (χ2n) is 6.00. The number of sulfonamides is 1. The second-order valence-corrected chi connectivity index (χ2v) is 7.87. The first-order chi connectivity index (χ1) is 13.9. The van der Waals surface area contributed by atoms with E-state index in [1.54, 1.807) is 31.2 Å². The van der Waals surface area contributed by atoms with Gasteiger partial charge in [-0.3, -0.25) is 9.62 Å². The van der Waals surface area contributed by atoms with E-state index in [-0.39, 0.29) is 23.8 Å². The topological polar surface area (TPSA) is 111 Å². The number of amides is 1. The van der Waals surface area contributed by atoms with Crippen molar-refractivity contribution in [3.05, 3.63) is 48.5 Å². The molecular formula is C19H20N2O7S. The quantitative estimate of drug-likeness (QED) is 0.739. The smallest absolute Gasteiger partial charge is 0.411 e. The summed E-state index contributed by atoms with van der Waals surface area (Å²) >= 11 is 0. The van der Waals surface area contributed by atoms with Crippen LogP contribution in [0.5, 0.6) is 5.75 Å². The van der Waals surface area contributed by atoms with Crippen LogP contribution in [0.2, 0.25) is 0 Å². The first kappa shape index (κ1) is 20.5. The molecule has 1 aliphatic rings. The van der Waals surface area contributed by atoms with Crippen molar-refractivity contribution in [1.29, 1.82) is 0 Å². The molecule has 1 amide bonds. The van der Waals surface area contributed by atoms with Gasteiger partial charge >= 0.3 is 12.1 Å². The summed E-state index contributed by atoms with van der Waals surface area (Å²) in [6.45, 7) is 1.67. The molecule has 1 atom stereocenters. The van der Waals surface area contributed by atoms with Gasteiger partial charge in [0, 0.05) is 5.69 Å². The number of carbonyl (C=O) groups excluding carboxylic acids is 2. The number of hydrogen-bond acceptors (Lipinski definition) is 7. The van der Waals surface area contributed by atoms with Gasteiger partial charge in [0.15, 0.2) is 0 Å². The highest BCUT2D eigenvalue weighted by Gasteiger charge is 2.37. The second kappa shape index (κ2) is 8.39. The minimum absolute atomic E-state index is 0.00720. The highest BCUT2D eigenvalue weighted by molar-refractivity contribution is 7.92. The van der Waals surface area contributed by atoms with Gasteiger partial charge in [0.25, 0.3) is 10.0 Å². The zero-order valence-corrected chi connectivity index (χ0v) is 16.6. The third kappa shape index (κ3) is 4.27. The van der Waals surface area contributed by atoms with Gasteiger partial charge in [-0.15, -0.1) is 0 Å². The van der Waals surface area contributed by atoms with Gasteiger partial charge < -0.3 is 14.2 Å². The van der Waals surface area contributed by atoms with Crippen molar-refractivity contribution in [3.63, 3.8) is 0 Å². The summed E-state index contributed by atoms with van der Waals surface area (Å²) in [5.41, 5.74) is 0.707. The SMILES string of the molecule is CCOC(=O)Nc1ccc(S(=O)(=O)N2C[C@H](C(=O)OC)Oc3ccccc32)cc1. The van der Waals surface area contributed by atoms with E-state index in [1.807, 2.05) is 0 Å². The fourth-order valence-corrected chi connectivity index (χ4v) is 4.28. The molecule has 0 saturated carbocycles. The van der Waals surface area contributed by atoms with Crippen molar-refractivity contribution in [1.82, 2.24) is 0 Å². The number of fused-ring (bicyclic) bond motifs is 1. The highest BCUT2D eigenvalue weighted by Crippen LogP contribution is 2.37. The summed E-state index contributed by atoms with van der Waals surface area (Å²) < 4.78 is 42.7. The van der Waals surface area contributed by atoms with E-state index in [4.69, 9.17) is 14.2 Å². The van der Waals surface area contributed by atoms with Crippen LogP contribution in [0.25, 0.3) is 0 Å². The zero-order valence-electron chi connectivity index (χ0n) is 15.8. The predicted molar refractivity (Wildman–Crippen MR) is 104 cm³/mol. The monoisotopic (exact) mass is 420 g/mol. The van der Waals surface area contributed by atoms with Crippen LogP contribution < -0.4 is 14.4 Å². The molecule has 2 aromatic rings. The largest absolute Gasteiger partial charge is 0.475 e. The number of nitrogens with zero attached hydrogens (tertiary/aromatic N) is 1. The van der Waals surface area contributed by atoms with Crippen molar-refractivity contribution in [2.24, 2.45) is 0 Å². The Hall–Kier alpha value is -3.27. The molecule has 1 N–H and O–H groups in total. The van der Waals surface area contributed by atoms with Gasteiger partial charge in [-0.2, -0.15) is 0 Å². The molecule has 2 aromatic carbocycles. The minimum atomic E-state index is -4.00. The molecule has 0 spiro atoms. The number of anilines is 2. The lowest BCUT2D eigenvalue weighted by Gasteiger charge is -2.34. The molecule has 3 rings (SSSR count). The molecule has 9 nitrogen and oxygen atoms in total. The Morgan fingerprint density at radius 3 is 2.52 bits per heavy atom. The van der Waals surface area contributed by atoms with Crippen LogP contribution >= 0.6 is 0 Å². The maximum atomic E-state index is 13.2. The fourth-order valence-electron chi connectivity index (χ4n) is 2.81. The number of carbonyl (C=O) groups is 2. The molecule has 0 bridgehead atoms. The first-order valence-corrected chi connectivity index (χ1v) is 10.2. The molecule has 0 radical (unpaired) electrons. The van der Waals surface area contributed by atoms with Gasteiger partial charge in [-0.1, -0.05) is 12.1 Å². The number of para-hydroxylation sites is 2. The summed E-state index contributed by atoms with van der Waals surface area (Å²) in [5.74, 6) is -0.410.